The molecule has 1 saturated carbocycles. The van der Waals surface area contributed by atoms with E-state index in [1.807, 2.05) is 18.2 Å². The van der Waals surface area contributed by atoms with Crippen molar-refractivity contribution in [3.8, 4) is 0 Å². The molecule has 1 aliphatic carbocycles. The molecule has 170 valence electrons. The molecule has 1 fully saturated rings. The van der Waals surface area contributed by atoms with Crippen LogP contribution in [0.4, 0.5) is 5.82 Å². The van der Waals surface area contributed by atoms with Crippen molar-refractivity contribution >= 4 is 39.6 Å². The molecule has 2 aromatic heterocycles. The number of carbonyl (C=O) groups excluding carboxylic acids is 2. The van der Waals surface area contributed by atoms with Gasteiger partial charge in [0, 0.05) is 24.9 Å². The number of pyridine rings is 1. The lowest BCUT2D eigenvalue weighted by molar-refractivity contribution is -0.144. The van der Waals surface area contributed by atoms with Crippen molar-refractivity contribution < 1.29 is 9.59 Å². The van der Waals surface area contributed by atoms with E-state index in [2.05, 4.69) is 27.9 Å². The summed E-state index contributed by atoms with van der Waals surface area (Å²) < 4.78 is 2.23. The summed E-state index contributed by atoms with van der Waals surface area (Å²) in [5.74, 6) is 0.717. The second-order valence-electron chi connectivity index (χ2n) is 8.71. The van der Waals surface area contributed by atoms with Crippen LogP contribution in [-0.2, 0) is 22.6 Å². The number of hydrogen-bond acceptors (Lipinski definition) is 5. The van der Waals surface area contributed by atoms with E-state index in [4.69, 9.17) is 16.5 Å². The van der Waals surface area contributed by atoms with E-state index >= 15 is 0 Å². The summed E-state index contributed by atoms with van der Waals surface area (Å²) in [4.78, 5) is 34.0. The molecule has 0 spiro atoms. The molecule has 1 aromatic carbocycles. The first-order valence-electron chi connectivity index (χ1n) is 11.6. The highest BCUT2D eigenvalue weighted by Gasteiger charge is 2.44. The second kappa shape index (κ2) is 9.14. The van der Waals surface area contributed by atoms with E-state index in [1.54, 1.807) is 0 Å². The number of amides is 2. The van der Waals surface area contributed by atoms with Crippen LogP contribution in [0.25, 0.3) is 21.9 Å². The van der Waals surface area contributed by atoms with Crippen LogP contribution >= 0.6 is 0 Å². The average Bonchev–Trinajstić information content (AvgIpc) is 3.18. The Hall–Kier alpha value is -3.16. The van der Waals surface area contributed by atoms with Gasteiger partial charge in [0.2, 0.25) is 11.8 Å². The maximum atomic E-state index is 12.8. The number of aryl methyl sites for hydroxylation is 2. The normalized spacial score (nSPS) is 15.8. The van der Waals surface area contributed by atoms with Gasteiger partial charge >= 0.3 is 0 Å². The zero-order chi connectivity index (χ0) is 22.7. The number of carbonyl (C=O) groups is 2. The first-order valence-corrected chi connectivity index (χ1v) is 11.6. The number of primary amides is 1. The second-order valence-corrected chi connectivity index (χ2v) is 8.71. The molecule has 0 unspecified atom stereocenters. The van der Waals surface area contributed by atoms with Gasteiger partial charge in [0.25, 0.3) is 0 Å². The number of anilines is 1. The van der Waals surface area contributed by atoms with Gasteiger partial charge in [-0.25, -0.2) is 9.97 Å². The molecule has 3 aromatic rings. The van der Waals surface area contributed by atoms with E-state index in [1.165, 1.54) is 0 Å². The van der Waals surface area contributed by atoms with E-state index < -0.39 is 11.3 Å². The number of nitrogens with one attached hydrogen (secondary N) is 1. The van der Waals surface area contributed by atoms with Crippen molar-refractivity contribution in [3.05, 3.63) is 30.1 Å². The highest BCUT2D eigenvalue weighted by molar-refractivity contribution is 6.06. The molecule has 0 aliphatic heterocycles. The average molecular weight is 437 g/mol. The standard InChI is InChI=1S/C24H32N6O2/c1-2-18-29-19-20(16-10-4-5-11-17(16)28-21(19)25)30(18)15-9-8-14-27-23(32)24(22(26)31)12-6-3-7-13-24/h4-5,10-11H,2-3,6-9,12-15H2,1H3,(H2,25,28)(H2,26,31)(H,27,32). The summed E-state index contributed by atoms with van der Waals surface area (Å²) in [7, 11) is 0. The molecular formula is C24H32N6O2. The highest BCUT2D eigenvalue weighted by atomic mass is 16.2. The van der Waals surface area contributed by atoms with E-state index in [0.29, 0.717) is 25.2 Å². The third-order valence-electron chi connectivity index (χ3n) is 6.71. The molecular weight excluding hydrogens is 404 g/mol. The Bertz CT molecular complexity index is 1150. The Kier molecular flexibility index (Phi) is 6.30. The quantitative estimate of drug-likeness (QED) is 0.369. The first kappa shape index (κ1) is 22.0. The van der Waals surface area contributed by atoms with Gasteiger partial charge in [-0.1, -0.05) is 44.4 Å². The molecule has 2 amide bonds. The van der Waals surface area contributed by atoms with E-state index in [9.17, 15) is 9.59 Å². The zero-order valence-electron chi connectivity index (χ0n) is 18.7. The van der Waals surface area contributed by atoms with Gasteiger partial charge in [0.15, 0.2) is 5.82 Å². The minimum atomic E-state index is -1.03. The Morgan fingerprint density at radius 2 is 1.88 bits per heavy atom. The van der Waals surface area contributed by atoms with Crippen molar-refractivity contribution in [2.24, 2.45) is 11.1 Å². The number of para-hydroxylation sites is 1. The molecule has 32 heavy (non-hydrogen) atoms. The highest BCUT2D eigenvalue weighted by Crippen LogP contribution is 2.36. The monoisotopic (exact) mass is 436 g/mol. The topological polar surface area (TPSA) is 129 Å². The smallest absolute Gasteiger partial charge is 0.235 e. The van der Waals surface area contributed by atoms with Crippen molar-refractivity contribution in [1.82, 2.24) is 19.9 Å². The number of nitrogens with zero attached hydrogens (tertiary/aromatic N) is 3. The first-order chi connectivity index (χ1) is 15.5. The summed E-state index contributed by atoms with van der Waals surface area (Å²) >= 11 is 0. The van der Waals surface area contributed by atoms with Gasteiger partial charge in [-0.3, -0.25) is 9.59 Å². The van der Waals surface area contributed by atoms with Gasteiger partial charge in [0.05, 0.1) is 11.0 Å². The Morgan fingerprint density at radius 1 is 1.12 bits per heavy atom. The molecule has 0 saturated heterocycles. The molecule has 5 N–H and O–H groups in total. The summed E-state index contributed by atoms with van der Waals surface area (Å²) in [6.45, 7) is 3.37. The molecule has 2 heterocycles. The van der Waals surface area contributed by atoms with Gasteiger partial charge in [-0.2, -0.15) is 0 Å². The van der Waals surface area contributed by atoms with Crippen molar-refractivity contribution in [2.45, 2.75) is 64.8 Å². The molecule has 1 aliphatic rings. The Labute approximate surface area is 187 Å². The van der Waals surface area contributed by atoms with Crippen LogP contribution in [0.2, 0.25) is 0 Å². The minimum Gasteiger partial charge on any atom is -0.382 e. The predicted molar refractivity (Wildman–Crippen MR) is 126 cm³/mol. The van der Waals surface area contributed by atoms with Crippen molar-refractivity contribution in [3.63, 3.8) is 0 Å². The van der Waals surface area contributed by atoms with Gasteiger partial charge in [-0.05, 0) is 31.7 Å². The van der Waals surface area contributed by atoms with Crippen LogP contribution in [0, 0.1) is 5.41 Å². The van der Waals surface area contributed by atoms with E-state index in [-0.39, 0.29) is 5.91 Å². The molecule has 0 radical (unpaired) electrons. The number of aromatic nitrogens is 3. The zero-order valence-corrected chi connectivity index (χ0v) is 18.7. The minimum absolute atomic E-state index is 0.211. The summed E-state index contributed by atoms with van der Waals surface area (Å²) in [6, 6.07) is 7.96. The molecule has 0 atom stereocenters. The number of hydrogen-bond donors (Lipinski definition) is 3. The fraction of sp³-hybridized carbons (Fsp3) is 0.500. The summed E-state index contributed by atoms with van der Waals surface area (Å²) in [5, 5.41) is 4.00. The van der Waals surface area contributed by atoms with Crippen LogP contribution < -0.4 is 16.8 Å². The molecule has 0 bridgehead atoms. The van der Waals surface area contributed by atoms with Crippen LogP contribution in [0.1, 0.15) is 57.7 Å². The fourth-order valence-electron chi connectivity index (χ4n) is 4.92. The number of benzene rings is 1. The lowest BCUT2D eigenvalue weighted by Gasteiger charge is -2.32. The number of nitrogen functional groups attached to an aromatic ring is 1. The van der Waals surface area contributed by atoms with Crippen LogP contribution in [0.15, 0.2) is 24.3 Å². The van der Waals surface area contributed by atoms with Crippen LogP contribution in [0.5, 0.6) is 0 Å². The van der Waals surface area contributed by atoms with Crippen molar-refractivity contribution in [2.75, 3.05) is 12.3 Å². The fourth-order valence-corrected chi connectivity index (χ4v) is 4.92. The SMILES string of the molecule is CCc1nc2c(N)nc3ccccc3c2n1CCCCNC(=O)C1(C(N)=O)CCCCC1. The number of unbranched alkanes of at least 4 members (excludes halogenated alkanes) is 1. The third-order valence-corrected chi connectivity index (χ3v) is 6.71. The number of fused-ring (bicyclic) bond motifs is 3. The largest absolute Gasteiger partial charge is 0.382 e. The summed E-state index contributed by atoms with van der Waals surface area (Å²) in [6.07, 6.45) is 6.34. The van der Waals surface area contributed by atoms with Crippen LogP contribution in [-0.4, -0.2) is 32.9 Å². The molecule has 8 nitrogen and oxygen atoms in total. The predicted octanol–water partition coefficient (Wildman–Crippen LogP) is 3.06. The lowest BCUT2D eigenvalue weighted by Crippen LogP contribution is -2.51. The van der Waals surface area contributed by atoms with Gasteiger partial charge in [-0.15, -0.1) is 0 Å². The van der Waals surface area contributed by atoms with Crippen LogP contribution in [0.3, 0.4) is 0 Å². The Morgan fingerprint density at radius 3 is 2.59 bits per heavy atom. The third kappa shape index (κ3) is 3.89. The van der Waals surface area contributed by atoms with Gasteiger partial charge < -0.3 is 21.4 Å². The summed E-state index contributed by atoms with van der Waals surface area (Å²) in [5.41, 5.74) is 13.4. The number of nitrogens with two attached hydrogens (primary N) is 2. The van der Waals surface area contributed by atoms with Crippen molar-refractivity contribution in [1.29, 1.82) is 0 Å². The number of rotatable bonds is 8. The van der Waals surface area contributed by atoms with Gasteiger partial charge in [0.1, 0.15) is 16.8 Å². The lowest BCUT2D eigenvalue weighted by atomic mass is 9.72. The maximum Gasteiger partial charge on any atom is 0.235 e. The number of imidazole rings is 1. The molecule has 8 heteroatoms. The maximum absolute atomic E-state index is 12.8. The Balaban J connectivity index is 1.45. The molecule has 4 rings (SSSR count). The van der Waals surface area contributed by atoms with E-state index in [0.717, 1.165) is 72.8 Å².